The Bertz CT molecular complexity index is 487. The number of nitrogens with zero attached hydrogens (tertiary/aromatic N) is 1. The van der Waals surface area contributed by atoms with Crippen LogP contribution in [0.2, 0.25) is 0 Å². The molecule has 0 heterocycles. The maximum atomic E-state index is 12.6. The van der Waals surface area contributed by atoms with Gasteiger partial charge < -0.3 is 14.3 Å². The Labute approximate surface area is 133 Å². The second-order valence-electron chi connectivity index (χ2n) is 7.34. The highest BCUT2D eigenvalue weighted by Gasteiger charge is 2.45. The van der Waals surface area contributed by atoms with E-state index >= 15 is 0 Å². The van der Waals surface area contributed by atoms with Gasteiger partial charge in [0.15, 0.2) is 0 Å². The molecule has 1 N–H and O–H groups in total. The maximum Gasteiger partial charge on any atom is 0.316 e. The molecule has 0 aromatic heterocycles. The number of carbonyl (C=O) groups excluding carboxylic acids is 1. The molecule has 1 aromatic carbocycles. The Morgan fingerprint density at radius 3 is 2.36 bits per heavy atom. The van der Waals surface area contributed by atoms with Crippen LogP contribution in [0, 0.1) is 0 Å². The number of esters is 1. The number of aliphatic hydroxyl groups is 1. The van der Waals surface area contributed by atoms with Gasteiger partial charge in [-0.15, -0.1) is 0 Å². The Hall–Kier alpha value is -1.39. The SMILES string of the molecule is C[N+](C)(C)CCOC(=O)[C@H](c1ccccc1)C1(O)CCCC1. The minimum absolute atomic E-state index is 0.302. The van der Waals surface area contributed by atoms with Gasteiger partial charge in [0, 0.05) is 0 Å². The number of hydrogen-bond acceptors (Lipinski definition) is 3. The highest BCUT2D eigenvalue weighted by atomic mass is 16.5. The molecular weight excluding hydrogens is 278 g/mol. The van der Waals surface area contributed by atoms with E-state index in [9.17, 15) is 9.90 Å². The second kappa shape index (κ2) is 6.80. The summed E-state index contributed by atoms with van der Waals surface area (Å²) in [6, 6.07) is 9.53. The maximum absolute atomic E-state index is 12.6. The first-order valence-electron chi connectivity index (χ1n) is 8.06. The molecule has 1 aliphatic rings. The summed E-state index contributed by atoms with van der Waals surface area (Å²) in [6.07, 6.45) is 3.26. The first-order valence-corrected chi connectivity index (χ1v) is 8.06. The molecule has 1 atom stereocenters. The van der Waals surface area contributed by atoms with E-state index in [1.54, 1.807) is 0 Å². The minimum Gasteiger partial charge on any atom is -0.459 e. The topological polar surface area (TPSA) is 46.5 Å². The van der Waals surface area contributed by atoms with E-state index in [-0.39, 0.29) is 5.97 Å². The molecule has 0 aliphatic heterocycles. The standard InChI is InChI=1S/C18H28NO3/c1-19(2,3)13-14-22-17(20)16(15-9-5-4-6-10-15)18(21)11-7-8-12-18/h4-6,9-10,16,21H,7-8,11-14H2,1-3H3/q+1/t16-/m0/s1. The Kier molecular flexibility index (Phi) is 5.24. The zero-order valence-electron chi connectivity index (χ0n) is 13.9. The molecule has 22 heavy (non-hydrogen) atoms. The second-order valence-corrected chi connectivity index (χ2v) is 7.34. The zero-order chi connectivity index (χ0) is 16.2. The van der Waals surface area contributed by atoms with E-state index in [0.717, 1.165) is 29.4 Å². The third-order valence-corrected chi connectivity index (χ3v) is 4.38. The Balaban J connectivity index is 2.13. The number of ether oxygens (including phenoxy) is 1. The normalized spacial score (nSPS) is 18.9. The predicted molar refractivity (Wildman–Crippen MR) is 86.5 cm³/mol. The van der Waals surface area contributed by atoms with Crippen molar-refractivity contribution in [3.05, 3.63) is 35.9 Å². The molecule has 0 spiro atoms. The molecule has 1 aromatic rings. The molecule has 0 bridgehead atoms. The van der Waals surface area contributed by atoms with E-state index in [1.165, 1.54) is 0 Å². The van der Waals surface area contributed by atoms with Crippen molar-refractivity contribution < 1.29 is 19.1 Å². The number of quaternary nitrogens is 1. The Morgan fingerprint density at radius 2 is 1.82 bits per heavy atom. The van der Waals surface area contributed by atoms with Crippen molar-refractivity contribution in [3.63, 3.8) is 0 Å². The molecule has 2 rings (SSSR count). The van der Waals surface area contributed by atoms with Gasteiger partial charge in [-0.1, -0.05) is 43.2 Å². The summed E-state index contributed by atoms with van der Waals surface area (Å²) in [7, 11) is 6.19. The molecule has 1 saturated carbocycles. The van der Waals surface area contributed by atoms with Crippen molar-refractivity contribution in [2.75, 3.05) is 34.3 Å². The van der Waals surface area contributed by atoms with E-state index in [2.05, 4.69) is 21.1 Å². The van der Waals surface area contributed by atoms with Crippen LogP contribution < -0.4 is 0 Å². The van der Waals surface area contributed by atoms with Gasteiger partial charge in [0.05, 0.1) is 26.7 Å². The summed E-state index contributed by atoms with van der Waals surface area (Å²) in [6.45, 7) is 1.13. The molecule has 0 saturated heterocycles. The van der Waals surface area contributed by atoms with E-state index < -0.39 is 11.5 Å². The lowest BCUT2D eigenvalue weighted by molar-refractivity contribution is -0.870. The van der Waals surface area contributed by atoms with Crippen LogP contribution in [0.15, 0.2) is 30.3 Å². The van der Waals surface area contributed by atoms with Crippen LogP contribution in [0.3, 0.4) is 0 Å². The van der Waals surface area contributed by atoms with Crippen molar-refractivity contribution in [2.24, 2.45) is 0 Å². The average Bonchev–Trinajstić information content (AvgIpc) is 2.86. The van der Waals surface area contributed by atoms with Gasteiger partial charge in [0.2, 0.25) is 0 Å². The van der Waals surface area contributed by atoms with Crippen molar-refractivity contribution >= 4 is 5.97 Å². The van der Waals surface area contributed by atoms with Gasteiger partial charge in [-0.25, -0.2) is 0 Å². The van der Waals surface area contributed by atoms with Crippen LogP contribution in [0.1, 0.15) is 37.2 Å². The molecule has 122 valence electrons. The molecule has 0 amide bonds. The third-order valence-electron chi connectivity index (χ3n) is 4.38. The van der Waals surface area contributed by atoms with Gasteiger partial charge in [-0.05, 0) is 18.4 Å². The van der Waals surface area contributed by atoms with Crippen molar-refractivity contribution in [1.82, 2.24) is 0 Å². The molecule has 0 unspecified atom stereocenters. The first-order chi connectivity index (χ1) is 10.3. The van der Waals surface area contributed by atoms with E-state index in [0.29, 0.717) is 19.4 Å². The van der Waals surface area contributed by atoms with Crippen LogP contribution in [-0.4, -0.2) is 55.5 Å². The van der Waals surface area contributed by atoms with Crippen molar-refractivity contribution in [3.8, 4) is 0 Å². The average molecular weight is 306 g/mol. The van der Waals surface area contributed by atoms with Crippen LogP contribution in [-0.2, 0) is 9.53 Å². The van der Waals surface area contributed by atoms with Gasteiger partial charge in [0.25, 0.3) is 0 Å². The number of likely N-dealkylation sites (N-methyl/N-ethyl adjacent to an activating group) is 1. The fourth-order valence-corrected chi connectivity index (χ4v) is 3.09. The summed E-state index contributed by atoms with van der Waals surface area (Å²) in [4.78, 5) is 12.6. The monoisotopic (exact) mass is 306 g/mol. The van der Waals surface area contributed by atoms with Crippen LogP contribution in [0.4, 0.5) is 0 Å². The lowest BCUT2D eigenvalue weighted by Crippen LogP contribution is -2.41. The highest BCUT2D eigenvalue weighted by molar-refractivity contribution is 5.80. The molecule has 0 radical (unpaired) electrons. The lowest BCUT2D eigenvalue weighted by Gasteiger charge is -2.31. The summed E-state index contributed by atoms with van der Waals surface area (Å²) < 4.78 is 6.24. The van der Waals surface area contributed by atoms with Gasteiger partial charge >= 0.3 is 5.97 Å². The summed E-state index contributed by atoms with van der Waals surface area (Å²) in [5, 5.41) is 10.9. The molecule has 4 heteroatoms. The molecule has 4 nitrogen and oxygen atoms in total. The van der Waals surface area contributed by atoms with Gasteiger partial charge in [0.1, 0.15) is 19.1 Å². The number of benzene rings is 1. The van der Waals surface area contributed by atoms with Crippen molar-refractivity contribution in [1.29, 1.82) is 0 Å². The number of carbonyl (C=O) groups is 1. The lowest BCUT2D eigenvalue weighted by atomic mass is 9.81. The van der Waals surface area contributed by atoms with Gasteiger partial charge in [-0.2, -0.15) is 0 Å². The molecule has 1 fully saturated rings. The fourth-order valence-electron chi connectivity index (χ4n) is 3.09. The highest BCUT2D eigenvalue weighted by Crippen LogP contribution is 2.41. The van der Waals surface area contributed by atoms with Crippen LogP contribution >= 0.6 is 0 Å². The zero-order valence-corrected chi connectivity index (χ0v) is 13.9. The van der Waals surface area contributed by atoms with Gasteiger partial charge in [-0.3, -0.25) is 4.79 Å². The predicted octanol–water partition coefficient (Wildman–Crippen LogP) is 2.32. The number of rotatable bonds is 6. The third kappa shape index (κ3) is 4.31. The summed E-state index contributed by atoms with van der Waals surface area (Å²) >= 11 is 0. The van der Waals surface area contributed by atoms with E-state index in [1.807, 2.05) is 30.3 Å². The van der Waals surface area contributed by atoms with Crippen molar-refractivity contribution in [2.45, 2.75) is 37.2 Å². The largest absolute Gasteiger partial charge is 0.459 e. The first kappa shape index (κ1) is 17.0. The quantitative estimate of drug-likeness (QED) is 0.648. The summed E-state index contributed by atoms with van der Waals surface area (Å²) in [5.74, 6) is -0.882. The van der Waals surface area contributed by atoms with Crippen LogP contribution in [0.25, 0.3) is 0 Å². The van der Waals surface area contributed by atoms with E-state index in [4.69, 9.17) is 4.74 Å². The Morgan fingerprint density at radius 1 is 1.23 bits per heavy atom. The summed E-state index contributed by atoms with van der Waals surface area (Å²) in [5.41, 5.74) is -0.114. The number of hydrogen-bond donors (Lipinski definition) is 1. The molecular formula is C18H28NO3+. The van der Waals surface area contributed by atoms with Crippen LogP contribution in [0.5, 0.6) is 0 Å². The smallest absolute Gasteiger partial charge is 0.316 e. The minimum atomic E-state index is -0.963. The fraction of sp³-hybridized carbons (Fsp3) is 0.611. The molecule has 1 aliphatic carbocycles.